The van der Waals surface area contributed by atoms with Gasteiger partial charge in [-0.3, -0.25) is 19.2 Å². The maximum absolute atomic E-state index is 14.8. The van der Waals surface area contributed by atoms with E-state index in [9.17, 15) is 19.2 Å². The van der Waals surface area contributed by atoms with Crippen LogP contribution >= 0.6 is 0 Å². The lowest BCUT2D eigenvalue weighted by molar-refractivity contribution is -0.143. The van der Waals surface area contributed by atoms with Gasteiger partial charge >= 0.3 is 0 Å². The lowest BCUT2D eigenvalue weighted by atomic mass is 9.89. The molecule has 2 saturated heterocycles. The van der Waals surface area contributed by atoms with E-state index in [-0.39, 0.29) is 35.5 Å². The van der Waals surface area contributed by atoms with Crippen molar-refractivity contribution in [3.63, 3.8) is 0 Å². The van der Waals surface area contributed by atoms with Crippen LogP contribution in [0.2, 0.25) is 0 Å². The Morgan fingerprint density at radius 1 is 0.349 bits per heavy atom. The number of nitrogens with zero attached hydrogens (tertiary/aromatic N) is 5. The third-order valence-corrected chi connectivity index (χ3v) is 19.9. The first-order valence-corrected chi connectivity index (χ1v) is 38.4. The summed E-state index contributed by atoms with van der Waals surface area (Å²) in [6, 6.07) is -0.959. The molecule has 4 amide bonds. The van der Waals surface area contributed by atoms with Crippen molar-refractivity contribution in [1.82, 2.24) is 35.1 Å². The molecule has 0 spiro atoms. The second kappa shape index (κ2) is 56.7. The van der Waals surface area contributed by atoms with E-state index >= 15 is 0 Å². The second-order valence-corrected chi connectivity index (χ2v) is 27.5. The van der Waals surface area contributed by atoms with Crippen molar-refractivity contribution in [3.05, 3.63) is 0 Å². The highest BCUT2D eigenvalue weighted by molar-refractivity contribution is 5.88. The molecule has 2 aliphatic rings. The second-order valence-electron chi connectivity index (χ2n) is 27.5. The summed E-state index contributed by atoms with van der Waals surface area (Å²) in [5.74, 6) is 0.504. The first-order chi connectivity index (χ1) is 42.1. The molecule has 0 bridgehead atoms. The van der Waals surface area contributed by atoms with Gasteiger partial charge in [0.05, 0.1) is 0 Å². The van der Waals surface area contributed by atoms with E-state index in [0.29, 0.717) is 52.1 Å². The molecule has 2 rings (SSSR count). The van der Waals surface area contributed by atoms with Gasteiger partial charge in [0, 0.05) is 65.2 Å². The van der Waals surface area contributed by atoms with Crippen molar-refractivity contribution < 1.29 is 19.2 Å². The summed E-state index contributed by atoms with van der Waals surface area (Å²) in [6.07, 6.45) is 57.7. The van der Waals surface area contributed by atoms with Crippen LogP contribution in [0.1, 0.15) is 350 Å². The predicted octanol–water partition coefficient (Wildman–Crippen LogP) is 18.3. The summed E-state index contributed by atoms with van der Waals surface area (Å²) >= 11 is 0. The van der Waals surface area contributed by atoms with E-state index in [1.165, 1.54) is 218 Å². The van der Waals surface area contributed by atoms with Crippen molar-refractivity contribution in [1.29, 1.82) is 0 Å². The van der Waals surface area contributed by atoms with Gasteiger partial charge in [-0.2, -0.15) is 0 Å². The van der Waals surface area contributed by atoms with Crippen molar-refractivity contribution in [2.75, 3.05) is 85.6 Å². The zero-order valence-corrected chi connectivity index (χ0v) is 58.6. The molecule has 4 atom stereocenters. The molecule has 506 valence electrons. The van der Waals surface area contributed by atoms with Crippen LogP contribution in [-0.2, 0) is 19.2 Å². The standard InChI is InChI=1S/C75H147N7O4/c1-8-14-18-20-22-24-26-28-30-32-34-36-38-40-46-54-70(83)81(66-64-79-58-48-42-43-49-59-79)72(68(12-5)52-16-10-3)74(85)76-56-62-78(7)63-57-77-75(86)73(69(13-6)53-17-11-4)82(67-65-80-60-50-44-45-51-61-80)71(84)55-47-41-39-37-35-33-31-29-27-25-23-21-19-15-9-2/h68-69,72-73H,8-67H2,1-7H3,(H,76,85)(H,77,86). The van der Waals surface area contributed by atoms with E-state index in [0.717, 1.165) is 116 Å². The molecule has 0 aromatic heterocycles. The zero-order valence-electron chi connectivity index (χ0n) is 58.6. The first kappa shape index (κ1) is 79.9. The molecule has 0 saturated carbocycles. The average molecular weight is 1210 g/mol. The van der Waals surface area contributed by atoms with Crippen molar-refractivity contribution in [3.8, 4) is 0 Å². The molecule has 0 radical (unpaired) electrons. The Labute approximate surface area is 534 Å². The van der Waals surface area contributed by atoms with Gasteiger partial charge in [-0.25, -0.2) is 0 Å². The number of unbranched alkanes of at least 4 members (excludes halogenated alkanes) is 30. The van der Waals surface area contributed by atoms with Gasteiger partial charge in [-0.15, -0.1) is 0 Å². The normalized spacial score (nSPS) is 15.9. The number of amides is 4. The molecule has 2 N–H and O–H groups in total. The van der Waals surface area contributed by atoms with Crippen LogP contribution in [0.15, 0.2) is 0 Å². The van der Waals surface area contributed by atoms with Gasteiger partial charge in [0.25, 0.3) is 0 Å². The number of likely N-dealkylation sites (tertiary alicyclic amines) is 2. The lowest BCUT2D eigenvalue weighted by Gasteiger charge is -2.38. The summed E-state index contributed by atoms with van der Waals surface area (Å²) in [4.78, 5) is 70.1. The third kappa shape index (κ3) is 39.8. The molecule has 11 heteroatoms. The molecule has 2 fully saturated rings. The monoisotopic (exact) mass is 1210 g/mol. The Morgan fingerprint density at radius 3 is 0.884 bits per heavy atom. The summed E-state index contributed by atoms with van der Waals surface area (Å²) in [7, 11) is 2.07. The minimum atomic E-state index is -0.479. The smallest absolute Gasteiger partial charge is 0.243 e. The Hall–Kier alpha value is -2.24. The Morgan fingerprint density at radius 2 is 0.616 bits per heavy atom. The lowest BCUT2D eigenvalue weighted by Crippen LogP contribution is -2.56. The molecule has 86 heavy (non-hydrogen) atoms. The van der Waals surface area contributed by atoms with Crippen LogP contribution < -0.4 is 10.6 Å². The van der Waals surface area contributed by atoms with Crippen LogP contribution in [-0.4, -0.2) is 146 Å². The predicted molar refractivity (Wildman–Crippen MR) is 370 cm³/mol. The topological polar surface area (TPSA) is 109 Å². The molecule has 0 aliphatic carbocycles. The average Bonchev–Trinajstić information content (AvgIpc) is 3.65. The van der Waals surface area contributed by atoms with E-state index < -0.39 is 12.1 Å². The SMILES string of the molecule is CCCCCCCCCCCCCCCCCC(=O)N(CCN1CCCCCC1)C(C(=O)NCCN(C)CCNC(=O)C(C(CC)CCCC)N(CCN1CCCCCC1)C(=O)CCCCCCCCCCCCCCCCC)C(CC)CCCC. The third-order valence-electron chi connectivity index (χ3n) is 19.9. The van der Waals surface area contributed by atoms with Gasteiger partial charge < -0.3 is 35.1 Å². The molecule has 2 heterocycles. The number of nitrogens with one attached hydrogen (secondary N) is 2. The van der Waals surface area contributed by atoms with E-state index in [2.05, 4.69) is 73.9 Å². The Bertz CT molecular complexity index is 1460. The van der Waals surface area contributed by atoms with Gasteiger partial charge in [-0.1, -0.05) is 286 Å². The van der Waals surface area contributed by atoms with Crippen LogP contribution in [0.3, 0.4) is 0 Å². The molecule has 4 unspecified atom stereocenters. The van der Waals surface area contributed by atoms with Crippen LogP contribution in [0.4, 0.5) is 0 Å². The number of carbonyl (C=O) groups excluding carboxylic acids is 4. The van der Waals surface area contributed by atoms with Gasteiger partial charge in [0.1, 0.15) is 12.1 Å². The quantitative estimate of drug-likeness (QED) is 0.0584. The molecule has 0 aromatic rings. The van der Waals surface area contributed by atoms with Crippen LogP contribution in [0.25, 0.3) is 0 Å². The van der Waals surface area contributed by atoms with E-state index in [1.54, 1.807) is 0 Å². The molecular weight excluding hydrogens is 1060 g/mol. The molecule has 11 nitrogen and oxygen atoms in total. The number of hydrogen-bond acceptors (Lipinski definition) is 7. The van der Waals surface area contributed by atoms with E-state index in [1.807, 2.05) is 9.80 Å². The van der Waals surface area contributed by atoms with Crippen LogP contribution in [0.5, 0.6) is 0 Å². The number of hydrogen-bond donors (Lipinski definition) is 2. The van der Waals surface area contributed by atoms with Crippen molar-refractivity contribution in [2.24, 2.45) is 11.8 Å². The summed E-state index contributed by atoms with van der Waals surface area (Å²) in [6.45, 7) is 22.8. The Kier molecular flexibility index (Phi) is 52.7. The maximum atomic E-state index is 14.8. The molecular formula is C75H147N7O4. The fourth-order valence-corrected chi connectivity index (χ4v) is 14.0. The fraction of sp³-hybridized carbons (Fsp3) is 0.947. The van der Waals surface area contributed by atoms with Crippen LogP contribution in [0, 0.1) is 11.8 Å². The summed E-state index contributed by atoms with van der Waals surface area (Å²) < 4.78 is 0. The zero-order chi connectivity index (χ0) is 62.3. The van der Waals surface area contributed by atoms with Crippen molar-refractivity contribution >= 4 is 23.6 Å². The number of likely N-dealkylation sites (N-methyl/N-ethyl adjacent to an activating group) is 1. The largest absolute Gasteiger partial charge is 0.353 e. The molecule has 0 aromatic carbocycles. The highest BCUT2D eigenvalue weighted by Gasteiger charge is 2.37. The van der Waals surface area contributed by atoms with Gasteiger partial charge in [-0.05, 0) is 96.4 Å². The minimum Gasteiger partial charge on any atom is -0.353 e. The minimum absolute atomic E-state index is 0.00910. The maximum Gasteiger partial charge on any atom is 0.243 e. The van der Waals surface area contributed by atoms with Gasteiger partial charge in [0.2, 0.25) is 23.6 Å². The fourth-order valence-electron chi connectivity index (χ4n) is 14.0. The number of rotatable bonds is 58. The van der Waals surface area contributed by atoms with Crippen molar-refractivity contribution in [2.45, 2.75) is 362 Å². The van der Waals surface area contributed by atoms with Gasteiger partial charge in [0.15, 0.2) is 0 Å². The summed E-state index contributed by atoms with van der Waals surface area (Å²) in [5, 5.41) is 6.73. The Balaban J connectivity index is 2.08. The van der Waals surface area contributed by atoms with E-state index in [4.69, 9.17) is 0 Å². The first-order valence-electron chi connectivity index (χ1n) is 38.4. The summed E-state index contributed by atoms with van der Waals surface area (Å²) in [5.41, 5.74) is 0. The highest BCUT2D eigenvalue weighted by atomic mass is 16.2. The highest BCUT2D eigenvalue weighted by Crippen LogP contribution is 2.27. The number of carbonyl (C=O) groups is 4. The molecule has 2 aliphatic heterocycles.